The van der Waals surface area contributed by atoms with Crippen molar-refractivity contribution in [3.63, 3.8) is 0 Å². The van der Waals surface area contributed by atoms with Crippen molar-refractivity contribution in [2.45, 2.75) is 5.41 Å². The van der Waals surface area contributed by atoms with Gasteiger partial charge in [0.05, 0.1) is 5.41 Å². The van der Waals surface area contributed by atoms with Crippen LogP contribution in [0.3, 0.4) is 0 Å². The molecule has 0 atom stereocenters. The third-order valence-corrected chi connectivity index (χ3v) is 10.4. The van der Waals surface area contributed by atoms with Crippen LogP contribution < -0.4 is 4.74 Å². The molecule has 1 spiro atoms. The predicted octanol–water partition coefficient (Wildman–Crippen LogP) is 11.2. The van der Waals surface area contributed by atoms with E-state index in [4.69, 9.17) is 24.1 Å². The molecule has 1 aliphatic heterocycles. The van der Waals surface area contributed by atoms with Gasteiger partial charge in [0, 0.05) is 38.6 Å². The van der Waals surface area contributed by atoms with Gasteiger partial charge in [-0.1, -0.05) is 127 Å². The molecule has 9 aromatic rings. The smallest absolute Gasteiger partial charge is 0.164 e. The molecule has 0 amide bonds. The van der Waals surface area contributed by atoms with Crippen LogP contribution in [0, 0.1) is 0 Å². The lowest BCUT2D eigenvalue weighted by Gasteiger charge is -2.39. The maximum atomic E-state index is 6.79. The predicted molar refractivity (Wildman–Crippen MR) is 201 cm³/mol. The fourth-order valence-corrected chi connectivity index (χ4v) is 8.20. The second-order valence-electron chi connectivity index (χ2n) is 13.1. The lowest BCUT2D eigenvalue weighted by Crippen LogP contribution is -2.32. The third-order valence-electron chi connectivity index (χ3n) is 10.4. The Morgan fingerprint density at radius 1 is 0.373 bits per heavy atom. The first kappa shape index (κ1) is 28.0. The van der Waals surface area contributed by atoms with E-state index in [1.54, 1.807) is 0 Å². The molecule has 1 aliphatic carbocycles. The molecule has 5 nitrogen and oxygen atoms in total. The minimum absolute atomic E-state index is 0.553. The lowest BCUT2D eigenvalue weighted by molar-refractivity contribution is 0.437. The van der Waals surface area contributed by atoms with Gasteiger partial charge in [0.15, 0.2) is 17.5 Å². The number of rotatable bonds is 3. The average Bonchev–Trinajstić information content (AvgIpc) is 3.71. The highest BCUT2D eigenvalue weighted by atomic mass is 16.5. The van der Waals surface area contributed by atoms with Crippen LogP contribution in [0.2, 0.25) is 0 Å². The van der Waals surface area contributed by atoms with Crippen molar-refractivity contribution in [2.75, 3.05) is 0 Å². The summed E-state index contributed by atoms with van der Waals surface area (Å²) >= 11 is 0. The molecule has 7 aromatic carbocycles. The zero-order valence-electron chi connectivity index (χ0n) is 27.2. The van der Waals surface area contributed by atoms with E-state index < -0.39 is 5.41 Å². The number of hydrogen-bond acceptors (Lipinski definition) is 5. The summed E-state index contributed by atoms with van der Waals surface area (Å²) in [7, 11) is 0. The zero-order chi connectivity index (χ0) is 33.5. The Hall–Kier alpha value is -6.85. The zero-order valence-corrected chi connectivity index (χ0v) is 27.2. The first-order valence-corrected chi connectivity index (χ1v) is 17.1. The minimum Gasteiger partial charge on any atom is -0.457 e. The Kier molecular flexibility index (Phi) is 5.81. The topological polar surface area (TPSA) is 61.0 Å². The molecule has 0 N–H and O–H groups in total. The van der Waals surface area contributed by atoms with Gasteiger partial charge < -0.3 is 9.15 Å². The van der Waals surface area contributed by atoms with Crippen molar-refractivity contribution in [3.8, 4) is 56.8 Å². The van der Waals surface area contributed by atoms with Crippen LogP contribution in [-0.4, -0.2) is 15.0 Å². The van der Waals surface area contributed by atoms with Crippen molar-refractivity contribution >= 4 is 21.9 Å². The molecule has 51 heavy (non-hydrogen) atoms. The van der Waals surface area contributed by atoms with Gasteiger partial charge in [-0.25, -0.2) is 15.0 Å². The second-order valence-corrected chi connectivity index (χ2v) is 13.1. The van der Waals surface area contributed by atoms with Crippen LogP contribution in [-0.2, 0) is 5.41 Å². The standard InChI is InChI=1S/C46H27N3O2/c1-3-13-28(14-4-1)43-47-44(29-15-5-2-6-16-29)49-45(48-43)30-23-24-39-33(25-30)34-26-42-38(27-41(34)50-39)46(37-21-11-12-22-40(37)51-42)35-19-9-7-17-31(35)32-18-8-10-20-36(32)46/h1-27H. The SMILES string of the molecule is c1ccc(-c2nc(-c3ccccc3)nc(-c3ccc4oc5cc6c(cc5c4c3)Oc3ccccc3C63c4ccccc4-c4ccccc43)n2)cc1. The van der Waals surface area contributed by atoms with Crippen molar-refractivity contribution in [1.82, 2.24) is 15.0 Å². The van der Waals surface area contributed by atoms with Gasteiger partial charge in [0.2, 0.25) is 0 Å². The first-order chi connectivity index (χ1) is 25.3. The molecule has 2 aliphatic rings. The van der Waals surface area contributed by atoms with Crippen molar-refractivity contribution < 1.29 is 9.15 Å². The summed E-state index contributed by atoms with van der Waals surface area (Å²) in [4.78, 5) is 14.8. The van der Waals surface area contributed by atoms with Gasteiger partial charge in [-0.05, 0) is 58.7 Å². The molecule has 0 fully saturated rings. The third kappa shape index (κ3) is 4.00. The molecule has 2 aromatic heterocycles. The summed E-state index contributed by atoms with van der Waals surface area (Å²) in [5.41, 5.74) is 11.0. The fourth-order valence-electron chi connectivity index (χ4n) is 8.20. The summed E-state index contributed by atoms with van der Waals surface area (Å²) in [6.45, 7) is 0. The number of fused-ring (bicyclic) bond motifs is 12. The number of para-hydroxylation sites is 1. The highest BCUT2D eigenvalue weighted by Crippen LogP contribution is 2.62. The molecule has 11 rings (SSSR count). The summed E-state index contributed by atoms with van der Waals surface area (Å²) in [6.07, 6.45) is 0. The summed E-state index contributed by atoms with van der Waals surface area (Å²) in [5, 5.41) is 1.94. The van der Waals surface area contributed by atoms with Crippen LogP contribution in [0.4, 0.5) is 0 Å². The fraction of sp³-hybridized carbons (Fsp3) is 0.0217. The number of ether oxygens (including phenoxy) is 1. The average molecular weight is 654 g/mol. The molecule has 0 saturated heterocycles. The Balaban J connectivity index is 1.13. The van der Waals surface area contributed by atoms with E-state index in [1.807, 2.05) is 78.9 Å². The minimum atomic E-state index is -0.553. The number of nitrogens with zero attached hydrogens (tertiary/aromatic N) is 3. The van der Waals surface area contributed by atoms with E-state index in [0.717, 1.165) is 61.3 Å². The molecular formula is C46H27N3O2. The number of furan rings is 1. The van der Waals surface area contributed by atoms with Crippen LogP contribution in [0.25, 0.3) is 67.2 Å². The van der Waals surface area contributed by atoms with E-state index in [-0.39, 0.29) is 0 Å². The van der Waals surface area contributed by atoms with Gasteiger partial charge in [-0.15, -0.1) is 0 Å². The molecular weight excluding hydrogens is 627 g/mol. The maximum Gasteiger partial charge on any atom is 0.164 e. The van der Waals surface area contributed by atoms with Gasteiger partial charge in [0.1, 0.15) is 22.7 Å². The van der Waals surface area contributed by atoms with Gasteiger partial charge in [0.25, 0.3) is 0 Å². The number of hydrogen-bond donors (Lipinski definition) is 0. The van der Waals surface area contributed by atoms with Gasteiger partial charge in [-0.3, -0.25) is 0 Å². The van der Waals surface area contributed by atoms with Crippen molar-refractivity contribution in [3.05, 3.63) is 186 Å². The maximum absolute atomic E-state index is 6.79. The van der Waals surface area contributed by atoms with Gasteiger partial charge in [-0.2, -0.15) is 0 Å². The van der Waals surface area contributed by atoms with E-state index >= 15 is 0 Å². The van der Waals surface area contributed by atoms with E-state index in [0.29, 0.717) is 17.5 Å². The summed E-state index contributed by atoms with van der Waals surface area (Å²) < 4.78 is 13.4. The molecule has 0 bridgehead atoms. The largest absolute Gasteiger partial charge is 0.457 e. The highest BCUT2D eigenvalue weighted by molar-refractivity contribution is 6.07. The molecule has 238 valence electrons. The monoisotopic (exact) mass is 653 g/mol. The molecule has 0 unspecified atom stereocenters. The highest BCUT2D eigenvalue weighted by Gasteiger charge is 2.51. The Morgan fingerprint density at radius 2 is 0.902 bits per heavy atom. The normalized spacial score (nSPS) is 13.4. The Bertz CT molecular complexity index is 2740. The Labute approximate surface area is 293 Å². The van der Waals surface area contributed by atoms with Crippen LogP contribution in [0.1, 0.15) is 22.3 Å². The van der Waals surface area contributed by atoms with Crippen molar-refractivity contribution in [1.29, 1.82) is 0 Å². The van der Waals surface area contributed by atoms with Gasteiger partial charge >= 0.3 is 0 Å². The second kappa shape index (κ2) is 10.6. The van der Waals surface area contributed by atoms with E-state index in [1.165, 1.54) is 22.3 Å². The Morgan fingerprint density at radius 3 is 1.55 bits per heavy atom. The van der Waals surface area contributed by atoms with E-state index in [2.05, 4.69) is 84.9 Å². The number of aromatic nitrogens is 3. The van der Waals surface area contributed by atoms with Crippen LogP contribution in [0.5, 0.6) is 11.5 Å². The molecule has 0 radical (unpaired) electrons. The summed E-state index contributed by atoms with van der Waals surface area (Å²) in [6, 6.07) is 56.5. The van der Waals surface area contributed by atoms with Crippen LogP contribution in [0.15, 0.2) is 168 Å². The first-order valence-electron chi connectivity index (χ1n) is 17.1. The molecule has 0 saturated carbocycles. The molecule has 3 heterocycles. The molecule has 5 heteroatoms. The van der Waals surface area contributed by atoms with Crippen LogP contribution >= 0.6 is 0 Å². The lowest BCUT2D eigenvalue weighted by atomic mass is 9.66. The summed E-state index contributed by atoms with van der Waals surface area (Å²) in [5.74, 6) is 3.52. The van der Waals surface area contributed by atoms with E-state index in [9.17, 15) is 0 Å². The quantitative estimate of drug-likeness (QED) is 0.190. The number of benzene rings is 7. The van der Waals surface area contributed by atoms with Crippen molar-refractivity contribution in [2.24, 2.45) is 0 Å².